The molecule has 2 aromatic heterocycles. The number of benzene rings is 2. The van der Waals surface area contributed by atoms with Crippen molar-refractivity contribution in [3.8, 4) is 16.5 Å². The second kappa shape index (κ2) is 9.96. The Morgan fingerprint density at radius 3 is 2.68 bits per heavy atom. The molecule has 0 fully saturated rings. The van der Waals surface area contributed by atoms with Crippen molar-refractivity contribution >= 4 is 56.7 Å². The number of aromatic nitrogens is 2. The van der Waals surface area contributed by atoms with Gasteiger partial charge in [0.1, 0.15) is 15.7 Å². The molecule has 0 aliphatic rings. The molecule has 1 amide bonds. The first-order valence-electron chi connectivity index (χ1n) is 9.49. The Balaban J connectivity index is 1.51. The van der Waals surface area contributed by atoms with E-state index in [1.54, 1.807) is 11.3 Å². The fourth-order valence-corrected chi connectivity index (χ4v) is 5.64. The van der Waals surface area contributed by atoms with E-state index in [1.807, 2.05) is 49.4 Å². The summed E-state index contributed by atoms with van der Waals surface area (Å²) in [4.78, 5) is 24.7. The standard InChI is InChI=1S/C23H18N4OS3/c1-15-25-22(17-13-20(31-23(17)26-15)16-7-3-2-4-8-16)30-14-21(28)27-18-9-5-6-10-19(18)29-12-11-24/h2-10,13H,12,14H2,1H3,(H,27,28). The minimum atomic E-state index is -0.113. The summed E-state index contributed by atoms with van der Waals surface area (Å²) in [5.41, 5.74) is 1.86. The van der Waals surface area contributed by atoms with Gasteiger partial charge in [-0.1, -0.05) is 54.2 Å². The van der Waals surface area contributed by atoms with Gasteiger partial charge in [0.2, 0.25) is 5.91 Å². The number of fused-ring (bicyclic) bond motifs is 1. The third-order valence-electron chi connectivity index (χ3n) is 4.32. The van der Waals surface area contributed by atoms with Crippen molar-refractivity contribution in [2.75, 3.05) is 16.8 Å². The number of nitrogens with zero attached hydrogens (tertiary/aromatic N) is 3. The largest absolute Gasteiger partial charge is 0.324 e. The first-order chi connectivity index (χ1) is 15.1. The van der Waals surface area contributed by atoms with Crippen molar-refractivity contribution in [2.45, 2.75) is 16.8 Å². The highest BCUT2D eigenvalue weighted by Crippen LogP contribution is 2.36. The Kier molecular flexibility index (Phi) is 6.87. The number of para-hydroxylation sites is 1. The molecular weight excluding hydrogens is 444 g/mol. The Hall–Kier alpha value is -2.86. The Bertz CT molecular complexity index is 1270. The molecule has 0 bridgehead atoms. The van der Waals surface area contributed by atoms with Crippen LogP contribution in [0.5, 0.6) is 0 Å². The van der Waals surface area contributed by atoms with E-state index in [-0.39, 0.29) is 11.7 Å². The molecule has 31 heavy (non-hydrogen) atoms. The summed E-state index contributed by atoms with van der Waals surface area (Å²) in [5, 5.41) is 13.6. The van der Waals surface area contributed by atoms with Crippen LogP contribution < -0.4 is 5.32 Å². The predicted octanol–water partition coefficient (Wildman–Crippen LogP) is 6.01. The van der Waals surface area contributed by atoms with E-state index in [0.29, 0.717) is 11.6 Å². The van der Waals surface area contributed by atoms with Crippen molar-refractivity contribution in [2.24, 2.45) is 0 Å². The van der Waals surface area contributed by atoms with Crippen molar-refractivity contribution in [3.63, 3.8) is 0 Å². The zero-order chi connectivity index (χ0) is 21.6. The maximum atomic E-state index is 12.6. The number of aryl methyl sites for hydroxylation is 1. The maximum absolute atomic E-state index is 12.6. The number of rotatable bonds is 7. The zero-order valence-electron chi connectivity index (χ0n) is 16.7. The SMILES string of the molecule is Cc1nc(SCC(=O)Nc2ccccc2SCC#N)c2cc(-c3ccccc3)sc2n1. The molecule has 2 heterocycles. The molecule has 0 aliphatic heterocycles. The summed E-state index contributed by atoms with van der Waals surface area (Å²) >= 11 is 4.45. The lowest BCUT2D eigenvalue weighted by Gasteiger charge is -2.09. The number of thiophene rings is 1. The quantitative estimate of drug-likeness (QED) is 0.267. The molecule has 154 valence electrons. The predicted molar refractivity (Wildman–Crippen MR) is 130 cm³/mol. The van der Waals surface area contributed by atoms with Crippen LogP contribution in [0.15, 0.2) is 70.6 Å². The number of nitriles is 1. The molecule has 4 aromatic rings. The van der Waals surface area contributed by atoms with Gasteiger partial charge in [0, 0.05) is 15.2 Å². The van der Waals surface area contributed by atoms with Crippen LogP contribution in [-0.2, 0) is 4.79 Å². The van der Waals surface area contributed by atoms with Gasteiger partial charge in [0.25, 0.3) is 0 Å². The molecule has 0 saturated carbocycles. The summed E-state index contributed by atoms with van der Waals surface area (Å²) in [5.74, 6) is 1.15. The summed E-state index contributed by atoms with van der Waals surface area (Å²) in [6, 6.07) is 21.9. The molecule has 5 nitrogen and oxygen atoms in total. The second-order valence-corrected chi connectivity index (χ2v) is 9.56. The molecule has 0 radical (unpaired) electrons. The third kappa shape index (κ3) is 5.25. The van der Waals surface area contributed by atoms with Crippen LogP contribution in [0.4, 0.5) is 5.69 Å². The normalized spacial score (nSPS) is 10.7. The lowest BCUT2D eigenvalue weighted by atomic mass is 10.2. The maximum Gasteiger partial charge on any atom is 0.234 e. The molecule has 0 saturated heterocycles. The number of thioether (sulfide) groups is 2. The molecular formula is C23H18N4OS3. The second-order valence-electron chi connectivity index (χ2n) is 6.55. The van der Waals surface area contributed by atoms with Crippen LogP contribution in [0.1, 0.15) is 5.82 Å². The smallest absolute Gasteiger partial charge is 0.234 e. The summed E-state index contributed by atoms with van der Waals surface area (Å²) in [7, 11) is 0. The first-order valence-corrected chi connectivity index (χ1v) is 12.3. The van der Waals surface area contributed by atoms with Crippen LogP contribution in [-0.4, -0.2) is 27.4 Å². The number of carbonyl (C=O) groups is 1. The highest BCUT2D eigenvalue weighted by Gasteiger charge is 2.14. The van der Waals surface area contributed by atoms with Crippen LogP contribution >= 0.6 is 34.9 Å². The van der Waals surface area contributed by atoms with Crippen molar-refractivity contribution in [3.05, 3.63) is 66.5 Å². The first kappa shape index (κ1) is 21.4. The number of hydrogen-bond acceptors (Lipinski definition) is 7. The van der Waals surface area contributed by atoms with Gasteiger partial charge in [-0.3, -0.25) is 4.79 Å². The lowest BCUT2D eigenvalue weighted by Crippen LogP contribution is -2.14. The average Bonchev–Trinajstić information content (AvgIpc) is 3.21. The van der Waals surface area contributed by atoms with Crippen LogP contribution in [0.25, 0.3) is 20.7 Å². The van der Waals surface area contributed by atoms with Crippen LogP contribution in [0.2, 0.25) is 0 Å². The molecule has 0 atom stereocenters. The molecule has 1 N–H and O–H groups in total. The van der Waals surface area contributed by atoms with Gasteiger partial charge in [-0.05, 0) is 30.7 Å². The van der Waals surface area contributed by atoms with Gasteiger partial charge in [-0.2, -0.15) is 5.26 Å². The Morgan fingerprint density at radius 1 is 1.10 bits per heavy atom. The summed E-state index contributed by atoms with van der Waals surface area (Å²) in [6.45, 7) is 1.87. The van der Waals surface area contributed by atoms with E-state index in [1.165, 1.54) is 23.5 Å². The number of hydrogen-bond donors (Lipinski definition) is 1. The fourth-order valence-electron chi connectivity index (χ4n) is 2.98. The molecule has 4 rings (SSSR count). The van der Waals surface area contributed by atoms with E-state index < -0.39 is 0 Å². The van der Waals surface area contributed by atoms with Gasteiger partial charge < -0.3 is 5.32 Å². The van der Waals surface area contributed by atoms with Crippen molar-refractivity contribution in [1.82, 2.24) is 9.97 Å². The summed E-state index contributed by atoms with van der Waals surface area (Å²) in [6.07, 6.45) is 0. The number of amides is 1. The highest BCUT2D eigenvalue weighted by molar-refractivity contribution is 8.00. The van der Waals surface area contributed by atoms with Crippen LogP contribution in [0, 0.1) is 18.3 Å². The third-order valence-corrected chi connectivity index (χ3v) is 7.33. The minimum Gasteiger partial charge on any atom is -0.324 e. The van der Waals surface area contributed by atoms with Gasteiger partial charge >= 0.3 is 0 Å². The lowest BCUT2D eigenvalue weighted by molar-refractivity contribution is -0.113. The van der Waals surface area contributed by atoms with E-state index in [0.717, 1.165) is 36.3 Å². The van der Waals surface area contributed by atoms with Crippen molar-refractivity contribution in [1.29, 1.82) is 5.26 Å². The number of carbonyl (C=O) groups excluding carboxylic acids is 1. The fraction of sp³-hybridized carbons (Fsp3) is 0.130. The summed E-state index contributed by atoms with van der Waals surface area (Å²) < 4.78 is 0. The van der Waals surface area contributed by atoms with Gasteiger partial charge in [-0.15, -0.1) is 23.1 Å². The number of nitrogens with one attached hydrogen (secondary N) is 1. The molecule has 8 heteroatoms. The van der Waals surface area contributed by atoms with Crippen molar-refractivity contribution < 1.29 is 4.79 Å². The van der Waals surface area contributed by atoms with E-state index in [4.69, 9.17) is 5.26 Å². The molecule has 0 aliphatic carbocycles. The Labute approximate surface area is 192 Å². The van der Waals surface area contributed by atoms with Gasteiger partial charge in [0.15, 0.2) is 0 Å². The average molecular weight is 463 g/mol. The minimum absolute atomic E-state index is 0.113. The molecule has 0 unspecified atom stereocenters. The zero-order valence-corrected chi connectivity index (χ0v) is 19.1. The van der Waals surface area contributed by atoms with E-state index in [9.17, 15) is 4.79 Å². The van der Waals surface area contributed by atoms with E-state index >= 15 is 0 Å². The molecule has 2 aromatic carbocycles. The van der Waals surface area contributed by atoms with Gasteiger partial charge in [0.05, 0.1) is 23.3 Å². The number of anilines is 1. The molecule has 0 spiro atoms. The monoisotopic (exact) mass is 462 g/mol. The Morgan fingerprint density at radius 2 is 1.87 bits per heavy atom. The van der Waals surface area contributed by atoms with Crippen LogP contribution in [0.3, 0.4) is 0 Å². The van der Waals surface area contributed by atoms with Gasteiger partial charge in [-0.25, -0.2) is 9.97 Å². The van der Waals surface area contributed by atoms with E-state index in [2.05, 4.69) is 39.6 Å². The topological polar surface area (TPSA) is 78.7 Å². The highest BCUT2D eigenvalue weighted by atomic mass is 32.2.